The van der Waals surface area contributed by atoms with E-state index in [2.05, 4.69) is 25.9 Å². The Hall–Kier alpha value is -2.19. The maximum Gasteiger partial charge on any atom is 0.270 e. The van der Waals surface area contributed by atoms with Crippen molar-refractivity contribution in [3.63, 3.8) is 0 Å². The van der Waals surface area contributed by atoms with Gasteiger partial charge < -0.3 is 4.42 Å². The van der Waals surface area contributed by atoms with Crippen molar-refractivity contribution < 1.29 is 9.34 Å². The molecule has 3 heterocycles. The van der Waals surface area contributed by atoms with Gasteiger partial charge in [-0.3, -0.25) is 19.7 Å². The quantitative estimate of drug-likeness (QED) is 0.483. The Morgan fingerprint density at radius 2 is 2.08 bits per heavy atom. The van der Waals surface area contributed by atoms with Gasteiger partial charge in [0.1, 0.15) is 11.3 Å². The Kier molecular flexibility index (Phi) is 4.09. The SMILES string of the molecule is Cn1ncc(Br)c1-c1cc([N+](=O)[O-])cc2cc(CN3CCCC3)oc12. The van der Waals surface area contributed by atoms with Crippen LogP contribution in [-0.4, -0.2) is 32.7 Å². The Labute approximate surface area is 152 Å². The summed E-state index contributed by atoms with van der Waals surface area (Å²) in [4.78, 5) is 13.3. The van der Waals surface area contributed by atoms with Crippen LogP contribution in [0.15, 0.2) is 33.3 Å². The molecule has 0 amide bonds. The monoisotopic (exact) mass is 404 g/mol. The van der Waals surface area contributed by atoms with Crippen molar-refractivity contribution >= 4 is 32.6 Å². The standard InChI is InChI=1S/C17H17BrN4O3/c1-20-16(15(18)9-19-20)14-8-12(22(23)24)6-11-7-13(25-17(11)14)10-21-4-2-3-5-21/h6-9H,2-5,10H2,1H3. The highest BCUT2D eigenvalue weighted by atomic mass is 79.9. The molecule has 0 N–H and O–H groups in total. The molecule has 0 unspecified atom stereocenters. The fraction of sp³-hybridized carbons (Fsp3) is 0.353. The summed E-state index contributed by atoms with van der Waals surface area (Å²) in [5.74, 6) is 0.830. The fourth-order valence-corrected chi connectivity index (χ4v) is 3.99. The smallest absolute Gasteiger partial charge is 0.270 e. The Morgan fingerprint density at radius 3 is 2.72 bits per heavy atom. The van der Waals surface area contributed by atoms with Crippen LogP contribution in [0, 0.1) is 10.1 Å². The van der Waals surface area contributed by atoms with Crippen molar-refractivity contribution in [2.45, 2.75) is 19.4 Å². The van der Waals surface area contributed by atoms with Gasteiger partial charge in [-0.1, -0.05) is 0 Å². The van der Waals surface area contributed by atoms with E-state index in [0.717, 1.165) is 40.9 Å². The van der Waals surface area contributed by atoms with E-state index in [1.807, 2.05) is 6.07 Å². The van der Waals surface area contributed by atoms with Crippen LogP contribution >= 0.6 is 15.9 Å². The molecule has 0 bridgehead atoms. The predicted octanol–water partition coefficient (Wildman–Crippen LogP) is 4.10. The van der Waals surface area contributed by atoms with E-state index in [-0.39, 0.29) is 10.6 Å². The lowest BCUT2D eigenvalue weighted by Gasteiger charge is -2.11. The van der Waals surface area contributed by atoms with Gasteiger partial charge >= 0.3 is 0 Å². The van der Waals surface area contributed by atoms with Crippen LogP contribution in [0.3, 0.4) is 0 Å². The third-order valence-electron chi connectivity index (χ3n) is 4.59. The minimum atomic E-state index is -0.375. The number of aryl methyl sites for hydroxylation is 1. The molecule has 0 spiro atoms. The number of likely N-dealkylation sites (tertiary alicyclic amines) is 1. The summed E-state index contributed by atoms with van der Waals surface area (Å²) in [5, 5.41) is 16.3. The van der Waals surface area contributed by atoms with Crippen molar-refractivity contribution in [1.82, 2.24) is 14.7 Å². The molecule has 130 valence electrons. The topological polar surface area (TPSA) is 77.3 Å². The van der Waals surface area contributed by atoms with E-state index < -0.39 is 0 Å². The first-order valence-corrected chi connectivity index (χ1v) is 8.93. The van der Waals surface area contributed by atoms with Gasteiger partial charge in [0, 0.05) is 24.6 Å². The Morgan fingerprint density at radius 1 is 1.32 bits per heavy atom. The normalized spacial score (nSPS) is 15.3. The van der Waals surface area contributed by atoms with Gasteiger partial charge in [0.25, 0.3) is 5.69 Å². The number of halogens is 1. The van der Waals surface area contributed by atoms with Crippen molar-refractivity contribution in [3.8, 4) is 11.3 Å². The summed E-state index contributed by atoms with van der Waals surface area (Å²) in [6.45, 7) is 2.86. The number of hydrogen-bond acceptors (Lipinski definition) is 5. The summed E-state index contributed by atoms with van der Waals surface area (Å²) < 4.78 is 8.56. The zero-order chi connectivity index (χ0) is 17.6. The second kappa shape index (κ2) is 6.27. The molecular weight excluding hydrogens is 388 g/mol. The minimum Gasteiger partial charge on any atom is -0.459 e. The molecular formula is C17H17BrN4O3. The van der Waals surface area contributed by atoms with E-state index >= 15 is 0 Å². The highest BCUT2D eigenvalue weighted by molar-refractivity contribution is 9.10. The van der Waals surface area contributed by atoms with Crippen LogP contribution in [0.25, 0.3) is 22.2 Å². The van der Waals surface area contributed by atoms with Crippen LogP contribution in [0.4, 0.5) is 5.69 Å². The third kappa shape index (κ3) is 2.96. The Balaban J connectivity index is 1.87. The highest BCUT2D eigenvalue weighted by Crippen LogP contribution is 2.38. The highest BCUT2D eigenvalue weighted by Gasteiger charge is 2.22. The number of nitrogens with zero attached hydrogens (tertiary/aromatic N) is 4. The zero-order valence-corrected chi connectivity index (χ0v) is 15.3. The van der Waals surface area contributed by atoms with Crippen molar-refractivity contribution in [2.75, 3.05) is 13.1 Å². The molecule has 7 nitrogen and oxygen atoms in total. The van der Waals surface area contributed by atoms with E-state index in [4.69, 9.17) is 4.42 Å². The van der Waals surface area contributed by atoms with Gasteiger partial charge in [0.2, 0.25) is 0 Å². The van der Waals surface area contributed by atoms with Gasteiger partial charge in [-0.2, -0.15) is 5.10 Å². The van der Waals surface area contributed by atoms with E-state index in [0.29, 0.717) is 11.1 Å². The lowest BCUT2D eigenvalue weighted by Crippen LogP contribution is -2.17. The second-order valence-electron chi connectivity index (χ2n) is 6.33. The van der Waals surface area contributed by atoms with Gasteiger partial charge in [-0.05, 0) is 47.9 Å². The first-order chi connectivity index (χ1) is 12.0. The number of furan rings is 1. The molecule has 8 heteroatoms. The Bertz CT molecular complexity index is 937. The number of aromatic nitrogens is 2. The second-order valence-corrected chi connectivity index (χ2v) is 7.18. The van der Waals surface area contributed by atoms with Crippen molar-refractivity contribution in [1.29, 1.82) is 0 Å². The minimum absolute atomic E-state index is 0.0455. The molecule has 0 aliphatic carbocycles. The summed E-state index contributed by atoms with van der Waals surface area (Å²) in [5.41, 5.74) is 2.13. The lowest BCUT2D eigenvalue weighted by atomic mass is 10.1. The van der Waals surface area contributed by atoms with Crippen molar-refractivity contribution in [3.05, 3.63) is 44.7 Å². The molecule has 0 saturated carbocycles. The summed E-state index contributed by atoms with van der Waals surface area (Å²) in [6.07, 6.45) is 4.09. The predicted molar refractivity (Wildman–Crippen MR) is 97.3 cm³/mol. The van der Waals surface area contributed by atoms with E-state index in [1.54, 1.807) is 30.1 Å². The van der Waals surface area contributed by atoms with Gasteiger partial charge in [0.05, 0.1) is 33.4 Å². The molecule has 2 aromatic heterocycles. The number of fused-ring (bicyclic) bond motifs is 1. The molecule has 0 radical (unpaired) electrons. The molecule has 25 heavy (non-hydrogen) atoms. The molecule has 1 aliphatic rings. The first-order valence-electron chi connectivity index (χ1n) is 8.14. The van der Waals surface area contributed by atoms with Crippen LogP contribution < -0.4 is 0 Å². The lowest BCUT2D eigenvalue weighted by molar-refractivity contribution is -0.384. The summed E-state index contributed by atoms with van der Waals surface area (Å²) in [7, 11) is 1.80. The van der Waals surface area contributed by atoms with Gasteiger partial charge in [-0.15, -0.1) is 0 Å². The van der Waals surface area contributed by atoms with E-state index in [1.165, 1.54) is 12.8 Å². The maximum atomic E-state index is 11.4. The van der Waals surface area contributed by atoms with Crippen LogP contribution in [0.1, 0.15) is 18.6 Å². The third-order valence-corrected chi connectivity index (χ3v) is 5.17. The average molecular weight is 405 g/mol. The van der Waals surface area contributed by atoms with Crippen LogP contribution in [0.5, 0.6) is 0 Å². The summed E-state index contributed by atoms with van der Waals surface area (Å²) in [6, 6.07) is 5.03. The number of hydrogen-bond donors (Lipinski definition) is 0. The van der Waals surface area contributed by atoms with Gasteiger partial charge in [0.15, 0.2) is 0 Å². The van der Waals surface area contributed by atoms with Gasteiger partial charge in [-0.25, -0.2) is 0 Å². The molecule has 1 fully saturated rings. The zero-order valence-electron chi connectivity index (χ0n) is 13.7. The summed E-state index contributed by atoms with van der Waals surface area (Å²) >= 11 is 3.48. The largest absolute Gasteiger partial charge is 0.459 e. The molecule has 3 aromatic rings. The fourth-order valence-electron chi connectivity index (χ4n) is 3.42. The van der Waals surface area contributed by atoms with Crippen molar-refractivity contribution in [2.24, 2.45) is 7.05 Å². The number of benzene rings is 1. The molecule has 1 aromatic carbocycles. The maximum absolute atomic E-state index is 11.4. The average Bonchev–Trinajstić information content (AvgIpc) is 3.28. The molecule has 1 aliphatic heterocycles. The van der Waals surface area contributed by atoms with E-state index in [9.17, 15) is 10.1 Å². The first kappa shape index (κ1) is 16.3. The molecule has 1 saturated heterocycles. The molecule has 0 atom stereocenters. The van der Waals surface area contributed by atoms with Crippen LogP contribution in [-0.2, 0) is 13.6 Å². The number of non-ortho nitro benzene ring substituents is 1. The number of nitro groups is 1. The number of rotatable bonds is 4. The molecule has 4 rings (SSSR count). The number of nitro benzene ring substituents is 1. The van der Waals surface area contributed by atoms with Crippen LogP contribution in [0.2, 0.25) is 0 Å².